The Balaban J connectivity index is 3.05. The highest BCUT2D eigenvalue weighted by Crippen LogP contribution is 2.27. The minimum atomic E-state index is -1.34. The first-order valence-corrected chi connectivity index (χ1v) is 4.74. The quantitative estimate of drug-likeness (QED) is 0.477. The molecule has 0 heterocycles. The highest BCUT2D eigenvalue weighted by atomic mass is 16.5. The molecule has 0 saturated heterocycles. The van der Waals surface area contributed by atoms with Crippen molar-refractivity contribution in [1.29, 1.82) is 0 Å². The van der Waals surface area contributed by atoms with Gasteiger partial charge in [0, 0.05) is 0 Å². The van der Waals surface area contributed by atoms with Crippen LogP contribution in [0.3, 0.4) is 0 Å². The lowest BCUT2D eigenvalue weighted by Gasteiger charge is -2.02. The molecule has 0 spiro atoms. The number of aliphatic carboxylic acids is 1. The fraction of sp³-hybridized carbons (Fsp3) is 0.182. The average Bonchev–Trinajstić information content (AvgIpc) is 2.29. The van der Waals surface area contributed by atoms with Crippen molar-refractivity contribution in [3.8, 4) is 5.75 Å². The Bertz CT molecular complexity index is 476. The molecule has 0 aliphatic heterocycles. The number of carboxylic acids is 1. The number of aliphatic hydroxyl groups excluding tert-OH is 1. The summed E-state index contributed by atoms with van der Waals surface area (Å²) in [5.74, 6) is -1.28. The van der Waals surface area contributed by atoms with Crippen LogP contribution in [0.2, 0.25) is 0 Å². The predicted molar refractivity (Wildman–Crippen MR) is 60.5 cm³/mol. The highest BCUT2D eigenvalue weighted by molar-refractivity contribution is 5.86. The normalized spacial score (nSPS) is 12.4. The number of aliphatic hydroxyl groups is 1. The number of allylic oxidation sites excluding steroid dienone is 1. The number of azo groups is 1. The van der Waals surface area contributed by atoms with E-state index in [0.29, 0.717) is 11.4 Å². The number of nitrogens with zero attached hydrogens (tertiary/aromatic N) is 2. The minimum Gasteiger partial charge on any atom is -0.510 e. The molecule has 1 aromatic carbocycles. The van der Waals surface area contributed by atoms with Gasteiger partial charge in [-0.15, -0.1) is 10.2 Å². The summed E-state index contributed by atoms with van der Waals surface area (Å²) in [6.07, 6.45) is 0. The van der Waals surface area contributed by atoms with Crippen LogP contribution in [0.4, 0.5) is 5.69 Å². The van der Waals surface area contributed by atoms with E-state index in [0.717, 1.165) is 0 Å². The summed E-state index contributed by atoms with van der Waals surface area (Å²) in [5.41, 5.74) is -0.120. The van der Waals surface area contributed by atoms with Crippen molar-refractivity contribution in [2.24, 2.45) is 10.2 Å². The van der Waals surface area contributed by atoms with E-state index in [1.165, 1.54) is 14.0 Å². The van der Waals surface area contributed by atoms with Gasteiger partial charge in [0.2, 0.25) is 5.70 Å². The van der Waals surface area contributed by atoms with E-state index >= 15 is 0 Å². The Labute approximate surface area is 97.9 Å². The summed E-state index contributed by atoms with van der Waals surface area (Å²) >= 11 is 0. The van der Waals surface area contributed by atoms with Crippen LogP contribution in [0.1, 0.15) is 6.92 Å². The molecule has 0 atom stereocenters. The van der Waals surface area contributed by atoms with E-state index in [2.05, 4.69) is 10.2 Å². The molecule has 1 rings (SSSR count). The van der Waals surface area contributed by atoms with E-state index in [4.69, 9.17) is 14.9 Å². The highest BCUT2D eigenvalue weighted by Gasteiger charge is 2.10. The Morgan fingerprint density at radius 3 is 2.47 bits per heavy atom. The largest absolute Gasteiger partial charge is 0.510 e. The van der Waals surface area contributed by atoms with Gasteiger partial charge in [-0.2, -0.15) is 0 Å². The van der Waals surface area contributed by atoms with Gasteiger partial charge in [-0.05, 0) is 19.1 Å². The zero-order chi connectivity index (χ0) is 12.8. The van der Waals surface area contributed by atoms with Crippen LogP contribution in [0.5, 0.6) is 5.75 Å². The summed E-state index contributed by atoms with van der Waals surface area (Å²) in [7, 11) is 1.47. The van der Waals surface area contributed by atoms with Crippen molar-refractivity contribution < 1.29 is 19.7 Å². The summed E-state index contributed by atoms with van der Waals surface area (Å²) < 4.78 is 5.02. The number of carboxylic acid groups (broad SMARTS) is 1. The number of methoxy groups -OCH3 is 1. The first kappa shape index (κ1) is 12.7. The Morgan fingerprint density at radius 1 is 1.29 bits per heavy atom. The summed E-state index contributed by atoms with van der Waals surface area (Å²) in [6, 6.07) is 6.76. The SMILES string of the molecule is COc1ccccc1N=N/C(C(=O)O)=C(\C)O. The molecule has 17 heavy (non-hydrogen) atoms. The number of carbonyl (C=O) groups is 1. The predicted octanol–water partition coefficient (Wildman–Crippen LogP) is 2.65. The zero-order valence-electron chi connectivity index (χ0n) is 9.41. The number of benzene rings is 1. The lowest BCUT2D eigenvalue weighted by Crippen LogP contribution is -2.00. The molecule has 2 N–H and O–H groups in total. The van der Waals surface area contributed by atoms with Gasteiger partial charge in [0.25, 0.3) is 0 Å². The van der Waals surface area contributed by atoms with E-state index in [-0.39, 0.29) is 0 Å². The fourth-order valence-electron chi connectivity index (χ4n) is 1.09. The molecule has 6 nitrogen and oxygen atoms in total. The van der Waals surface area contributed by atoms with Crippen LogP contribution in [-0.4, -0.2) is 23.3 Å². The summed E-state index contributed by atoms with van der Waals surface area (Å²) in [6.45, 7) is 1.23. The van der Waals surface area contributed by atoms with Crippen molar-refractivity contribution in [3.63, 3.8) is 0 Å². The number of para-hydroxylation sites is 1. The third-order valence-corrected chi connectivity index (χ3v) is 1.89. The van der Waals surface area contributed by atoms with Crippen LogP contribution in [0.25, 0.3) is 0 Å². The molecule has 1 aromatic rings. The topological polar surface area (TPSA) is 91.5 Å². The second-order valence-electron chi connectivity index (χ2n) is 3.11. The van der Waals surface area contributed by atoms with Gasteiger partial charge in [-0.3, -0.25) is 0 Å². The van der Waals surface area contributed by atoms with Crippen molar-refractivity contribution in [2.45, 2.75) is 6.92 Å². The van der Waals surface area contributed by atoms with Crippen LogP contribution in [0, 0.1) is 0 Å². The third kappa shape index (κ3) is 3.30. The molecule has 0 radical (unpaired) electrons. The van der Waals surface area contributed by atoms with E-state index in [9.17, 15) is 4.79 Å². The smallest absolute Gasteiger partial charge is 0.359 e. The Kier molecular flexibility index (Phi) is 4.21. The molecular weight excluding hydrogens is 224 g/mol. The molecule has 0 aliphatic rings. The maximum Gasteiger partial charge on any atom is 0.359 e. The van der Waals surface area contributed by atoms with Gasteiger partial charge >= 0.3 is 5.97 Å². The maximum absolute atomic E-state index is 10.7. The van der Waals surface area contributed by atoms with Gasteiger partial charge in [-0.25, -0.2) is 4.79 Å². The number of hydrogen-bond acceptors (Lipinski definition) is 5. The second-order valence-corrected chi connectivity index (χ2v) is 3.11. The summed E-state index contributed by atoms with van der Waals surface area (Å²) in [4.78, 5) is 10.7. The molecule has 0 bridgehead atoms. The molecular formula is C11H12N2O4. The van der Waals surface area contributed by atoms with Crippen molar-refractivity contribution in [1.82, 2.24) is 0 Å². The number of hydrogen-bond donors (Lipinski definition) is 2. The fourth-order valence-corrected chi connectivity index (χ4v) is 1.09. The second kappa shape index (κ2) is 5.64. The first-order valence-electron chi connectivity index (χ1n) is 4.74. The Hall–Kier alpha value is -2.37. The van der Waals surface area contributed by atoms with E-state index in [1.54, 1.807) is 24.3 Å². The molecule has 0 saturated carbocycles. The molecule has 0 aromatic heterocycles. The standard InChI is InChI=1S/C11H12N2O4/c1-7(14)10(11(15)16)13-12-8-5-3-4-6-9(8)17-2/h3-6,14H,1-2H3,(H,15,16)/b10-7+,13-12?. The average molecular weight is 236 g/mol. The molecule has 0 amide bonds. The first-order chi connectivity index (χ1) is 8.06. The number of ether oxygens (including phenoxy) is 1. The molecule has 90 valence electrons. The summed E-state index contributed by atoms with van der Waals surface area (Å²) in [5, 5.41) is 25.0. The van der Waals surface area contributed by atoms with Gasteiger partial charge < -0.3 is 14.9 Å². The molecule has 0 unspecified atom stereocenters. The number of rotatable bonds is 4. The van der Waals surface area contributed by atoms with Crippen LogP contribution >= 0.6 is 0 Å². The Morgan fingerprint density at radius 2 is 1.94 bits per heavy atom. The zero-order valence-corrected chi connectivity index (χ0v) is 9.41. The monoisotopic (exact) mass is 236 g/mol. The lowest BCUT2D eigenvalue weighted by molar-refractivity contribution is -0.132. The van der Waals surface area contributed by atoms with Gasteiger partial charge in [-0.1, -0.05) is 12.1 Å². The molecule has 6 heteroatoms. The van der Waals surface area contributed by atoms with Crippen LogP contribution in [-0.2, 0) is 4.79 Å². The third-order valence-electron chi connectivity index (χ3n) is 1.89. The van der Waals surface area contributed by atoms with Gasteiger partial charge in [0.05, 0.1) is 7.11 Å². The van der Waals surface area contributed by atoms with Crippen LogP contribution < -0.4 is 4.74 Å². The van der Waals surface area contributed by atoms with E-state index < -0.39 is 17.4 Å². The molecule has 0 fully saturated rings. The van der Waals surface area contributed by atoms with E-state index in [1.807, 2.05) is 0 Å². The van der Waals surface area contributed by atoms with Crippen molar-refractivity contribution in [2.75, 3.05) is 7.11 Å². The minimum absolute atomic E-state index is 0.384. The maximum atomic E-state index is 10.7. The van der Waals surface area contributed by atoms with Gasteiger partial charge in [0.1, 0.15) is 17.2 Å². The van der Waals surface area contributed by atoms with Crippen molar-refractivity contribution in [3.05, 3.63) is 35.7 Å². The van der Waals surface area contributed by atoms with Crippen LogP contribution in [0.15, 0.2) is 46.0 Å². The molecule has 0 aliphatic carbocycles. The lowest BCUT2D eigenvalue weighted by atomic mass is 10.3. The van der Waals surface area contributed by atoms with Crippen molar-refractivity contribution >= 4 is 11.7 Å². The van der Waals surface area contributed by atoms with Gasteiger partial charge in [0.15, 0.2) is 0 Å².